The zero-order valence-corrected chi connectivity index (χ0v) is 15.5. The second-order valence-electron chi connectivity index (χ2n) is 6.21. The molecule has 27 heavy (non-hydrogen) atoms. The van der Waals surface area contributed by atoms with Gasteiger partial charge in [0.25, 0.3) is 5.91 Å². The molecule has 0 atom stereocenters. The Bertz CT molecular complexity index is 1150. The van der Waals surface area contributed by atoms with Gasteiger partial charge >= 0.3 is 0 Å². The van der Waals surface area contributed by atoms with E-state index in [2.05, 4.69) is 16.4 Å². The molecule has 1 saturated heterocycles. The van der Waals surface area contributed by atoms with Crippen molar-refractivity contribution in [2.24, 2.45) is 4.99 Å². The lowest BCUT2D eigenvalue weighted by molar-refractivity contribution is -0.115. The van der Waals surface area contributed by atoms with E-state index in [1.54, 1.807) is 0 Å². The summed E-state index contributed by atoms with van der Waals surface area (Å²) in [7, 11) is 0. The van der Waals surface area contributed by atoms with Gasteiger partial charge < -0.3 is 9.88 Å². The first-order valence-corrected chi connectivity index (χ1v) is 9.27. The molecule has 3 aromatic rings. The summed E-state index contributed by atoms with van der Waals surface area (Å²) in [5.74, 6) is -0.163. The van der Waals surface area contributed by atoms with Gasteiger partial charge in [-0.1, -0.05) is 30.3 Å². The number of carbonyl (C=O) groups excluding carboxylic acids is 1. The number of nitriles is 1. The summed E-state index contributed by atoms with van der Waals surface area (Å²) in [6, 6.07) is 17.9. The van der Waals surface area contributed by atoms with Crippen LogP contribution in [0.3, 0.4) is 0 Å². The molecule has 1 N–H and O–H groups in total. The first kappa shape index (κ1) is 17.1. The van der Waals surface area contributed by atoms with Gasteiger partial charge in [0.2, 0.25) is 0 Å². The van der Waals surface area contributed by atoms with E-state index in [0.717, 1.165) is 27.7 Å². The molecule has 0 radical (unpaired) electrons. The van der Waals surface area contributed by atoms with Gasteiger partial charge in [-0.3, -0.25) is 4.79 Å². The van der Waals surface area contributed by atoms with Crippen LogP contribution in [0.25, 0.3) is 17.0 Å². The standard InChI is InChI=1S/C21H16N4OS/c1-14-5-4-6-16(11-14)23-21-24-20(26)19(27-21)12-15-13-25(10-9-22)18-8-3-2-7-17(15)18/h2-8,11-13H,10H2,1H3,(H,23,24,26). The van der Waals surface area contributed by atoms with Gasteiger partial charge in [-0.25, -0.2) is 4.99 Å². The normalized spacial score (nSPS) is 16.8. The third-order valence-electron chi connectivity index (χ3n) is 4.23. The molecule has 0 aliphatic carbocycles. The number of thioether (sulfide) groups is 1. The topological polar surface area (TPSA) is 70.2 Å². The van der Waals surface area contributed by atoms with Crippen molar-refractivity contribution >= 4 is 45.5 Å². The van der Waals surface area contributed by atoms with Crippen LogP contribution in [0.5, 0.6) is 0 Å². The highest BCUT2D eigenvalue weighted by molar-refractivity contribution is 8.18. The van der Waals surface area contributed by atoms with E-state index in [4.69, 9.17) is 5.26 Å². The Balaban J connectivity index is 1.68. The van der Waals surface area contributed by atoms with Crippen molar-refractivity contribution in [2.45, 2.75) is 13.5 Å². The van der Waals surface area contributed by atoms with E-state index >= 15 is 0 Å². The van der Waals surface area contributed by atoms with Crippen molar-refractivity contribution < 1.29 is 4.79 Å². The molecule has 1 fully saturated rings. The van der Waals surface area contributed by atoms with Gasteiger partial charge in [-0.15, -0.1) is 0 Å². The monoisotopic (exact) mass is 372 g/mol. The Morgan fingerprint density at radius 2 is 2.11 bits per heavy atom. The Kier molecular flexibility index (Phi) is 4.53. The molecule has 5 nitrogen and oxygen atoms in total. The molecule has 0 bridgehead atoms. The Labute approximate surface area is 161 Å². The summed E-state index contributed by atoms with van der Waals surface area (Å²) in [4.78, 5) is 17.5. The zero-order valence-electron chi connectivity index (χ0n) is 14.6. The van der Waals surface area contributed by atoms with Crippen LogP contribution in [-0.2, 0) is 11.3 Å². The highest BCUT2D eigenvalue weighted by Crippen LogP contribution is 2.31. The van der Waals surface area contributed by atoms with Gasteiger partial charge in [-0.2, -0.15) is 5.26 Å². The number of aryl methyl sites for hydroxylation is 1. The molecule has 1 aromatic heterocycles. The molecule has 1 amide bonds. The van der Waals surface area contributed by atoms with Crippen LogP contribution in [0, 0.1) is 18.3 Å². The van der Waals surface area contributed by atoms with Crippen LogP contribution < -0.4 is 5.32 Å². The second-order valence-corrected chi connectivity index (χ2v) is 7.24. The minimum atomic E-state index is -0.163. The van der Waals surface area contributed by atoms with Gasteiger partial charge in [0, 0.05) is 22.7 Å². The number of aliphatic imine (C=N–C) groups is 1. The number of fused-ring (bicyclic) bond motifs is 1. The Hall–Kier alpha value is -3.30. The summed E-state index contributed by atoms with van der Waals surface area (Å²) in [6.45, 7) is 2.27. The quantitative estimate of drug-likeness (QED) is 0.694. The van der Waals surface area contributed by atoms with E-state index in [1.807, 2.05) is 72.3 Å². The fourth-order valence-corrected chi connectivity index (χ4v) is 3.87. The minimum absolute atomic E-state index is 0.163. The van der Waals surface area contributed by atoms with Crippen LogP contribution in [0.2, 0.25) is 0 Å². The third kappa shape index (κ3) is 3.50. The number of benzene rings is 2. The van der Waals surface area contributed by atoms with Crippen molar-refractivity contribution in [3.8, 4) is 6.07 Å². The Morgan fingerprint density at radius 3 is 2.93 bits per heavy atom. The smallest absolute Gasteiger partial charge is 0.264 e. The third-order valence-corrected chi connectivity index (χ3v) is 5.14. The Morgan fingerprint density at radius 1 is 1.26 bits per heavy atom. The highest BCUT2D eigenvalue weighted by Gasteiger charge is 2.24. The molecule has 0 spiro atoms. The van der Waals surface area contributed by atoms with Gasteiger partial charge in [0.05, 0.1) is 16.7 Å². The largest absolute Gasteiger partial charge is 0.333 e. The predicted octanol–water partition coefficient (Wildman–Crippen LogP) is 4.36. The lowest BCUT2D eigenvalue weighted by Crippen LogP contribution is -2.19. The number of para-hydroxylation sites is 1. The summed E-state index contributed by atoms with van der Waals surface area (Å²) in [6.07, 6.45) is 3.76. The van der Waals surface area contributed by atoms with Crippen molar-refractivity contribution in [1.82, 2.24) is 9.88 Å². The van der Waals surface area contributed by atoms with Crippen molar-refractivity contribution in [3.05, 3.63) is 70.8 Å². The number of carbonyl (C=O) groups is 1. The minimum Gasteiger partial charge on any atom is -0.333 e. The van der Waals surface area contributed by atoms with E-state index in [1.165, 1.54) is 11.8 Å². The summed E-state index contributed by atoms with van der Waals surface area (Å²) < 4.78 is 1.89. The molecule has 1 aliphatic heterocycles. The van der Waals surface area contributed by atoms with E-state index in [-0.39, 0.29) is 12.5 Å². The number of aromatic nitrogens is 1. The molecule has 6 heteroatoms. The first-order valence-electron chi connectivity index (χ1n) is 8.45. The van der Waals surface area contributed by atoms with Crippen LogP contribution in [0.1, 0.15) is 11.1 Å². The molecule has 2 aromatic carbocycles. The average molecular weight is 372 g/mol. The SMILES string of the molecule is Cc1cccc(N=C2NC(=O)C(=Cc3cn(CC#N)c4ccccc34)S2)c1. The maximum Gasteiger partial charge on any atom is 0.264 e. The van der Waals surface area contributed by atoms with E-state index in [9.17, 15) is 4.79 Å². The summed E-state index contributed by atoms with van der Waals surface area (Å²) in [5, 5.41) is 13.4. The number of nitrogens with zero attached hydrogens (tertiary/aromatic N) is 3. The number of hydrogen-bond acceptors (Lipinski definition) is 4. The first-order chi connectivity index (χ1) is 13.1. The van der Waals surface area contributed by atoms with Crippen LogP contribution in [0.4, 0.5) is 5.69 Å². The predicted molar refractivity (Wildman–Crippen MR) is 110 cm³/mol. The zero-order chi connectivity index (χ0) is 18.8. The van der Waals surface area contributed by atoms with E-state index < -0.39 is 0 Å². The number of amidine groups is 1. The maximum atomic E-state index is 12.4. The van der Waals surface area contributed by atoms with Crippen molar-refractivity contribution in [3.63, 3.8) is 0 Å². The molecular weight excluding hydrogens is 356 g/mol. The van der Waals surface area contributed by atoms with Gasteiger partial charge in [0.1, 0.15) is 6.54 Å². The van der Waals surface area contributed by atoms with Gasteiger partial charge in [-0.05, 0) is 48.5 Å². The van der Waals surface area contributed by atoms with Crippen LogP contribution in [0.15, 0.2) is 64.6 Å². The van der Waals surface area contributed by atoms with Crippen molar-refractivity contribution in [1.29, 1.82) is 5.26 Å². The van der Waals surface area contributed by atoms with Gasteiger partial charge in [0.15, 0.2) is 5.17 Å². The van der Waals surface area contributed by atoms with E-state index in [0.29, 0.717) is 10.1 Å². The van der Waals surface area contributed by atoms with Crippen LogP contribution in [-0.4, -0.2) is 15.6 Å². The van der Waals surface area contributed by atoms with Crippen molar-refractivity contribution in [2.75, 3.05) is 0 Å². The lowest BCUT2D eigenvalue weighted by Gasteiger charge is -1.97. The molecule has 4 rings (SSSR count). The second kappa shape index (κ2) is 7.14. The number of nitrogens with one attached hydrogen (secondary N) is 1. The summed E-state index contributed by atoms with van der Waals surface area (Å²) in [5.41, 5.74) is 3.81. The molecule has 132 valence electrons. The highest BCUT2D eigenvalue weighted by atomic mass is 32.2. The molecule has 0 saturated carbocycles. The molecule has 2 heterocycles. The molecule has 1 aliphatic rings. The summed E-state index contributed by atoms with van der Waals surface area (Å²) >= 11 is 1.32. The fraction of sp³-hybridized carbons (Fsp3) is 0.0952. The molecular formula is C21H16N4OS. The number of rotatable bonds is 3. The average Bonchev–Trinajstić information content (AvgIpc) is 3.17. The lowest BCUT2D eigenvalue weighted by atomic mass is 10.1. The fourth-order valence-electron chi connectivity index (χ4n) is 3.03. The number of amides is 1. The molecule has 0 unspecified atom stereocenters. The maximum absolute atomic E-state index is 12.4. The van der Waals surface area contributed by atoms with Crippen LogP contribution >= 0.6 is 11.8 Å². The number of hydrogen-bond donors (Lipinski definition) is 1.